The second kappa shape index (κ2) is 11.8. The van der Waals surface area contributed by atoms with E-state index < -0.39 is 166 Å². The van der Waals surface area contributed by atoms with E-state index in [2.05, 4.69) is 0 Å². The molecule has 0 atom stereocenters. The average molecular weight is 782 g/mol. The monoisotopic (exact) mass is 782 g/mol. The smallest absolute Gasteiger partial charge is 0.270 e. The summed E-state index contributed by atoms with van der Waals surface area (Å²) < 4.78 is 208. The molecule has 0 saturated heterocycles. The van der Waals surface area contributed by atoms with Gasteiger partial charge in [0.1, 0.15) is 15.5 Å². The highest BCUT2D eigenvalue weighted by atomic mass is 32.2. The van der Waals surface area contributed by atoms with Crippen LogP contribution in [0.1, 0.15) is 11.1 Å². The van der Waals surface area contributed by atoms with Gasteiger partial charge in [-0.2, -0.15) is 8.78 Å². The Morgan fingerprint density at radius 1 is 0.491 bits per heavy atom. The zero-order chi connectivity index (χ0) is 39.7. The summed E-state index contributed by atoms with van der Waals surface area (Å²) in [5, 5.41) is -4.78. The third-order valence-electron chi connectivity index (χ3n) is 8.24. The molecule has 53 heavy (non-hydrogen) atoms. The number of ether oxygens (including phenoxy) is 1. The van der Waals surface area contributed by atoms with Crippen molar-refractivity contribution in [3.8, 4) is 17.2 Å². The maximum absolute atomic E-state index is 15.6. The topological polar surface area (TPSA) is 122 Å². The molecule has 0 amide bonds. The number of benzene rings is 4. The molecule has 0 N–H and O–H groups in total. The molecule has 0 aliphatic carbocycles. The van der Waals surface area contributed by atoms with Gasteiger partial charge in [0.15, 0.2) is 63.9 Å². The van der Waals surface area contributed by atoms with Crippen molar-refractivity contribution in [3.63, 3.8) is 0 Å². The van der Waals surface area contributed by atoms with Crippen LogP contribution in [0.3, 0.4) is 0 Å². The molecule has 0 bridgehead atoms. The van der Waals surface area contributed by atoms with Crippen LogP contribution in [0.2, 0.25) is 0 Å². The van der Waals surface area contributed by atoms with E-state index in [-0.39, 0.29) is 0 Å². The lowest BCUT2D eigenvalue weighted by atomic mass is 10.1. The third kappa shape index (κ3) is 4.69. The molecule has 6 aromatic rings. The number of hydrogen-bond donors (Lipinski definition) is 0. The Morgan fingerprint density at radius 3 is 1.32 bits per heavy atom. The van der Waals surface area contributed by atoms with Crippen LogP contribution in [0.15, 0.2) is 35.0 Å². The Labute approximate surface area is 282 Å². The molecule has 2 heterocycles. The fourth-order valence-electron chi connectivity index (χ4n) is 5.50. The van der Waals surface area contributed by atoms with Crippen LogP contribution >= 0.6 is 0 Å². The van der Waals surface area contributed by atoms with Crippen molar-refractivity contribution < 1.29 is 65.8 Å². The molecule has 2 aromatic heterocycles. The van der Waals surface area contributed by atoms with Crippen molar-refractivity contribution in [3.05, 3.63) is 128 Å². The predicted octanol–water partition coefficient (Wildman–Crippen LogP) is 5.35. The van der Waals surface area contributed by atoms with Crippen molar-refractivity contribution in [1.82, 2.24) is 9.13 Å². The molecule has 0 aliphatic heterocycles. The number of rotatable bonds is 5. The first-order valence-corrected chi connectivity index (χ1v) is 15.4. The van der Waals surface area contributed by atoms with Crippen LogP contribution in [0, 0.1) is 83.7 Å². The van der Waals surface area contributed by atoms with Crippen LogP contribution < -0.4 is 27.0 Å². The van der Waals surface area contributed by atoms with Gasteiger partial charge >= 0.3 is 0 Å². The number of aromatic nitrogens is 2. The van der Waals surface area contributed by atoms with E-state index in [4.69, 9.17) is 4.74 Å². The fourth-order valence-corrected chi connectivity index (χ4v) is 7.00. The third-order valence-corrected chi connectivity index (χ3v) is 10.0. The highest BCUT2D eigenvalue weighted by molar-refractivity contribution is 7.91. The summed E-state index contributed by atoms with van der Waals surface area (Å²) in [5.74, 6) is -34.9. The van der Waals surface area contributed by atoms with Crippen LogP contribution in [0.5, 0.6) is 11.5 Å². The Hall–Kier alpha value is -5.93. The summed E-state index contributed by atoms with van der Waals surface area (Å²) in [4.78, 5) is 47.3. The average Bonchev–Trinajstić information content (AvgIpc) is 3.48. The van der Waals surface area contributed by atoms with E-state index in [0.29, 0.717) is 24.5 Å². The van der Waals surface area contributed by atoms with Gasteiger partial charge in [-0.3, -0.25) is 23.7 Å². The molecular formula is C31H10F12N2O7S. The van der Waals surface area contributed by atoms with Gasteiger partial charge in [-0.05, 0) is 19.9 Å². The highest BCUT2D eigenvalue weighted by Crippen LogP contribution is 2.40. The Kier molecular flexibility index (Phi) is 8.20. The van der Waals surface area contributed by atoms with Crippen LogP contribution in [0.4, 0.5) is 52.7 Å². The van der Waals surface area contributed by atoms with E-state index in [9.17, 15) is 62.7 Å². The van der Waals surface area contributed by atoms with Gasteiger partial charge in [-0.1, -0.05) is 0 Å². The molecule has 22 heteroatoms. The molecule has 0 spiro atoms. The zero-order valence-corrected chi connectivity index (χ0v) is 26.6. The SMILES string of the molecule is Cc1c(F)c(F)c(Oc2c3c(=O)n(C)c(=O)c3cc3c(=O)n(-c4c(F)c(F)c(S(=O)(=O)c5c(F)c(F)c(C)c(F)c5F)c(F)c4F)c(=O)c23)c(F)c1F. The maximum atomic E-state index is 15.6. The molecule has 0 saturated carbocycles. The Bertz CT molecular complexity index is 2950. The van der Waals surface area contributed by atoms with Gasteiger partial charge in [0.2, 0.25) is 27.2 Å². The van der Waals surface area contributed by atoms with Gasteiger partial charge in [-0.25, -0.2) is 56.9 Å². The second-order valence-corrected chi connectivity index (χ2v) is 12.9. The molecule has 0 fully saturated rings. The summed E-state index contributed by atoms with van der Waals surface area (Å²) in [6.45, 7) is 1.00. The number of fused-ring (bicyclic) bond motifs is 2. The van der Waals surface area contributed by atoms with Crippen molar-refractivity contribution in [1.29, 1.82) is 0 Å². The van der Waals surface area contributed by atoms with E-state index >= 15 is 17.6 Å². The summed E-state index contributed by atoms with van der Waals surface area (Å²) in [5.41, 5.74) is -12.2. The molecule has 0 unspecified atom stereocenters. The minimum absolute atomic E-state index is 0.295. The summed E-state index contributed by atoms with van der Waals surface area (Å²) >= 11 is 0. The predicted molar refractivity (Wildman–Crippen MR) is 155 cm³/mol. The number of nitrogens with zero attached hydrogens (tertiary/aromatic N) is 2. The van der Waals surface area contributed by atoms with Gasteiger partial charge in [-0.15, -0.1) is 0 Å². The number of sulfone groups is 1. The Balaban J connectivity index is 1.73. The first-order valence-electron chi connectivity index (χ1n) is 13.9. The lowest BCUT2D eigenvalue weighted by Gasteiger charge is -2.14. The van der Waals surface area contributed by atoms with Crippen molar-refractivity contribution in [2.75, 3.05) is 0 Å². The van der Waals surface area contributed by atoms with Gasteiger partial charge in [0, 0.05) is 18.2 Å². The summed E-state index contributed by atoms with van der Waals surface area (Å²) in [7, 11) is -5.84. The van der Waals surface area contributed by atoms with E-state index in [1.54, 1.807) is 0 Å². The van der Waals surface area contributed by atoms with Gasteiger partial charge in [0.25, 0.3) is 22.2 Å². The van der Waals surface area contributed by atoms with Crippen molar-refractivity contribution in [2.24, 2.45) is 7.05 Å². The highest BCUT2D eigenvalue weighted by Gasteiger charge is 2.41. The minimum atomic E-state index is -6.65. The van der Waals surface area contributed by atoms with E-state index in [1.807, 2.05) is 0 Å². The molecular weight excluding hydrogens is 772 g/mol. The van der Waals surface area contributed by atoms with Crippen molar-refractivity contribution in [2.45, 2.75) is 23.6 Å². The van der Waals surface area contributed by atoms with Crippen LogP contribution in [-0.2, 0) is 16.9 Å². The zero-order valence-electron chi connectivity index (χ0n) is 25.8. The molecule has 276 valence electrons. The quantitative estimate of drug-likeness (QED) is 0.171. The molecule has 0 aliphatic rings. The molecule has 9 nitrogen and oxygen atoms in total. The lowest BCUT2D eigenvalue weighted by molar-refractivity contribution is 0.366. The lowest BCUT2D eigenvalue weighted by Crippen LogP contribution is -2.28. The standard InChI is InChI=1S/C31H10F12N2O7S/c1-5-11(32)17(38)25(18(39)12(5)33)52-24-9-7(28(46)44(3)30(9)48)4-8-10(24)31(49)45(29(8)47)23-15(36)21(42)27(22(43)16(23)37)53(50,51)26-19(40)13(34)6(2)14(35)20(26)41/h4H,1-3H3. The molecule has 0 radical (unpaired) electrons. The van der Waals surface area contributed by atoms with Gasteiger partial charge < -0.3 is 4.74 Å². The normalized spacial score (nSPS) is 12.1. The van der Waals surface area contributed by atoms with Gasteiger partial charge in [0.05, 0.1) is 21.5 Å². The maximum Gasteiger partial charge on any atom is 0.270 e. The second-order valence-electron chi connectivity index (χ2n) is 11.1. The number of halogens is 12. The van der Waals surface area contributed by atoms with Crippen LogP contribution in [-0.4, -0.2) is 17.6 Å². The summed E-state index contributed by atoms with van der Waals surface area (Å²) in [6.07, 6.45) is 0. The first kappa shape index (κ1) is 36.8. The Morgan fingerprint density at radius 2 is 0.868 bits per heavy atom. The molecule has 6 rings (SSSR count). The summed E-state index contributed by atoms with van der Waals surface area (Å²) in [6, 6.07) is 0.387. The largest absolute Gasteiger partial charge is 0.449 e. The first-order chi connectivity index (χ1) is 24.5. The minimum Gasteiger partial charge on any atom is -0.449 e. The van der Waals surface area contributed by atoms with E-state index in [1.165, 1.54) is 0 Å². The van der Waals surface area contributed by atoms with Crippen LogP contribution in [0.25, 0.3) is 27.2 Å². The van der Waals surface area contributed by atoms with E-state index in [0.717, 1.165) is 7.05 Å². The fraction of sp³-hybridized carbons (Fsp3) is 0.0968. The number of hydrogen-bond acceptors (Lipinski definition) is 7. The molecule has 4 aromatic carbocycles. The van der Waals surface area contributed by atoms with Crippen molar-refractivity contribution >= 4 is 31.4 Å².